The molecule has 0 aliphatic rings. The fraction of sp³-hybridized carbons (Fsp3) is 0.308. The highest BCUT2D eigenvalue weighted by Gasteiger charge is 2.03. The largest absolute Gasteiger partial charge is 0.311 e. The van der Waals surface area contributed by atoms with Crippen LogP contribution in [0.15, 0.2) is 36.5 Å². The predicted octanol–water partition coefficient (Wildman–Crippen LogP) is 2.63. The Bertz CT molecular complexity index is 480. The average Bonchev–Trinajstić information content (AvgIpc) is 2.34. The number of nitrogens with zero attached hydrogens (tertiary/aromatic N) is 1. The maximum absolute atomic E-state index is 11.9. The summed E-state index contributed by atoms with van der Waals surface area (Å²) in [4.78, 5) is 4.32. The first-order valence-electron chi connectivity index (χ1n) is 5.59. The van der Waals surface area contributed by atoms with Gasteiger partial charge in [-0.1, -0.05) is 24.3 Å². The monoisotopic (exact) mass is 236 g/mol. The van der Waals surface area contributed by atoms with Gasteiger partial charge in [-0.2, -0.15) is 0 Å². The average molecular weight is 236 g/mol. The molecule has 0 atom stereocenters. The molecule has 0 fully saturated rings. The first kappa shape index (κ1) is 11.9. The van der Waals surface area contributed by atoms with Crippen LogP contribution in [-0.2, 0) is 6.42 Å². The van der Waals surface area contributed by atoms with Gasteiger partial charge in [0.2, 0.25) is 0 Å². The Morgan fingerprint density at radius 3 is 2.82 bits per heavy atom. The molecule has 1 N–H and O–H groups in total. The third-order valence-electron chi connectivity index (χ3n) is 2.59. The minimum Gasteiger partial charge on any atom is -0.311 e. The molecule has 90 valence electrons. The molecule has 0 saturated carbocycles. The third kappa shape index (κ3) is 3.20. The van der Waals surface area contributed by atoms with Crippen LogP contribution in [0.2, 0.25) is 0 Å². The number of pyridine rings is 1. The van der Waals surface area contributed by atoms with Crippen LogP contribution in [0.25, 0.3) is 10.9 Å². The molecule has 0 aliphatic heterocycles. The van der Waals surface area contributed by atoms with Crippen molar-refractivity contribution in [3.63, 3.8) is 0 Å². The molecule has 2 nitrogen and oxygen atoms in total. The van der Waals surface area contributed by atoms with Gasteiger partial charge in [-0.25, -0.2) is 8.78 Å². The van der Waals surface area contributed by atoms with E-state index in [4.69, 9.17) is 0 Å². The first-order valence-corrected chi connectivity index (χ1v) is 5.59. The van der Waals surface area contributed by atoms with Crippen LogP contribution in [-0.4, -0.2) is 24.5 Å². The molecule has 1 aromatic carbocycles. The van der Waals surface area contributed by atoms with Crippen LogP contribution in [0, 0.1) is 0 Å². The highest BCUT2D eigenvalue weighted by Crippen LogP contribution is 2.15. The second-order valence-electron chi connectivity index (χ2n) is 3.84. The number of para-hydroxylation sites is 1. The zero-order valence-corrected chi connectivity index (χ0v) is 9.37. The van der Waals surface area contributed by atoms with E-state index in [1.165, 1.54) is 0 Å². The van der Waals surface area contributed by atoms with Gasteiger partial charge in [0.15, 0.2) is 0 Å². The molecule has 0 spiro atoms. The number of hydrogen-bond donors (Lipinski definition) is 1. The standard InChI is InChI=1S/C13H14F2N2/c14-12(15)9-16-8-6-11-4-1-3-10-5-2-7-17-13(10)11/h1-5,7,12,16H,6,8-9H2. The maximum Gasteiger partial charge on any atom is 0.250 e. The van der Waals surface area contributed by atoms with Crippen LogP contribution in [0.4, 0.5) is 8.78 Å². The van der Waals surface area contributed by atoms with Crippen molar-refractivity contribution in [1.82, 2.24) is 10.3 Å². The van der Waals surface area contributed by atoms with Gasteiger partial charge in [-0.15, -0.1) is 0 Å². The minimum absolute atomic E-state index is 0.252. The number of rotatable bonds is 5. The molecule has 0 radical (unpaired) electrons. The first-order chi connectivity index (χ1) is 8.27. The number of hydrogen-bond acceptors (Lipinski definition) is 2. The molecule has 1 heterocycles. The van der Waals surface area contributed by atoms with Gasteiger partial charge in [0.05, 0.1) is 12.1 Å². The normalized spacial score (nSPS) is 11.2. The summed E-state index contributed by atoms with van der Waals surface area (Å²) in [6.45, 7) is 0.290. The Balaban J connectivity index is 2.03. The summed E-state index contributed by atoms with van der Waals surface area (Å²) in [5.74, 6) is 0. The van der Waals surface area contributed by atoms with E-state index < -0.39 is 6.43 Å². The second kappa shape index (κ2) is 5.68. The zero-order valence-electron chi connectivity index (χ0n) is 9.37. The molecule has 4 heteroatoms. The van der Waals surface area contributed by atoms with E-state index in [-0.39, 0.29) is 6.54 Å². The van der Waals surface area contributed by atoms with E-state index in [0.717, 1.165) is 16.5 Å². The van der Waals surface area contributed by atoms with Crippen LogP contribution in [0.3, 0.4) is 0 Å². The summed E-state index contributed by atoms with van der Waals surface area (Å²) in [5, 5.41) is 3.80. The lowest BCUT2D eigenvalue weighted by Crippen LogP contribution is -2.23. The Labute approximate surface area is 98.7 Å². The van der Waals surface area contributed by atoms with Crippen LogP contribution >= 0.6 is 0 Å². The Hall–Kier alpha value is -1.55. The van der Waals surface area contributed by atoms with Crippen molar-refractivity contribution < 1.29 is 8.78 Å². The number of halogens is 2. The summed E-state index contributed by atoms with van der Waals surface area (Å²) >= 11 is 0. The molecule has 0 bridgehead atoms. The molecule has 2 rings (SSSR count). The Morgan fingerprint density at radius 1 is 1.18 bits per heavy atom. The van der Waals surface area contributed by atoms with Gasteiger partial charge >= 0.3 is 0 Å². The molecule has 0 saturated heterocycles. The molecule has 0 aliphatic carbocycles. The maximum atomic E-state index is 11.9. The lowest BCUT2D eigenvalue weighted by atomic mass is 10.1. The van der Waals surface area contributed by atoms with Crippen molar-refractivity contribution in [3.05, 3.63) is 42.1 Å². The van der Waals surface area contributed by atoms with E-state index in [2.05, 4.69) is 10.3 Å². The number of alkyl halides is 2. The highest BCUT2D eigenvalue weighted by molar-refractivity contribution is 5.81. The molecular weight excluding hydrogens is 222 g/mol. The SMILES string of the molecule is FC(F)CNCCc1cccc2cccnc12. The lowest BCUT2D eigenvalue weighted by molar-refractivity contribution is 0.146. The van der Waals surface area contributed by atoms with E-state index in [1.807, 2.05) is 30.3 Å². The summed E-state index contributed by atoms with van der Waals surface area (Å²) in [7, 11) is 0. The van der Waals surface area contributed by atoms with Gasteiger partial charge in [0.25, 0.3) is 6.43 Å². The Morgan fingerprint density at radius 2 is 2.00 bits per heavy atom. The number of nitrogens with one attached hydrogen (secondary N) is 1. The second-order valence-corrected chi connectivity index (χ2v) is 3.84. The molecule has 1 aromatic heterocycles. The van der Waals surface area contributed by atoms with Crippen molar-refractivity contribution in [2.75, 3.05) is 13.1 Å². The van der Waals surface area contributed by atoms with Gasteiger partial charge < -0.3 is 5.32 Å². The van der Waals surface area contributed by atoms with Crippen molar-refractivity contribution in [2.45, 2.75) is 12.8 Å². The van der Waals surface area contributed by atoms with E-state index in [9.17, 15) is 8.78 Å². The van der Waals surface area contributed by atoms with Crippen molar-refractivity contribution in [1.29, 1.82) is 0 Å². The molecular formula is C13H14F2N2. The summed E-state index contributed by atoms with van der Waals surface area (Å²) < 4.78 is 23.9. The van der Waals surface area contributed by atoms with Gasteiger partial charge in [0.1, 0.15) is 0 Å². The Kier molecular flexibility index (Phi) is 3.98. The molecule has 0 amide bonds. The quantitative estimate of drug-likeness (QED) is 0.807. The lowest BCUT2D eigenvalue weighted by Gasteiger charge is -2.06. The van der Waals surface area contributed by atoms with Crippen LogP contribution in [0.5, 0.6) is 0 Å². The topological polar surface area (TPSA) is 24.9 Å². The van der Waals surface area contributed by atoms with Crippen LogP contribution < -0.4 is 5.32 Å². The number of aromatic nitrogens is 1. The van der Waals surface area contributed by atoms with Gasteiger partial charge in [0, 0.05) is 11.6 Å². The predicted molar refractivity (Wildman–Crippen MR) is 64.3 cm³/mol. The summed E-state index contributed by atoms with van der Waals surface area (Å²) in [6, 6.07) is 9.84. The van der Waals surface area contributed by atoms with Gasteiger partial charge in [-0.05, 0) is 24.6 Å². The highest BCUT2D eigenvalue weighted by atomic mass is 19.3. The van der Waals surface area contributed by atoms with Gasteiger partial charge in [-0.3, -0.25) is 4.98 Å². The van der Waals surface area contributed by atoms with E-state index in [0.29, 0.717) is 13.0 Å². The minimum atomic E-state index is -2.29. The summed E-state index contributed by atoms with van der Waals surface area (Å²) in [6.07, 6.45) is 0.167. The zero-order chi connectivity index (χ0) is 12.1. The number of benzene rings is 1. The molecule has 17 heavy (non-hydrogen) atoms. The van der Waals surface area contributed by atoms with Crippen molar-refractivity contribution in [2.24, 2.45) is 0 Å². The van der Waals surface area contributed by atoms with Crippen molar-refractivity contribution in [3.8, 4) is 0 Å². The summed E-state index contributed by atoms with van der Waals surface area (Å²) in [5.41, 5.74) is 2.04. The fourth-order valence-corrected chi connectivity index (χ4v) is 1.80. The van der Waals surface area contributed by atoms with E-state index >= 15 is 0 Å². The smallest absolute Gasteiger partial charge is 0.250 e. The third-order valence-corrected chi connectivity index (χ3v) is 2.59. The molecule has 0 unspecified atom stereocenters. The number of fused-ring (bicyclic) bond motifs is 1. The fourth-order valence-electron chi connectivity index (χ4n) is 1.80. The van der Waals surface area contributed by atoms with Crippen molar-refractivity contribution >= 4 is 10.9 Å². The van der Waals surface area contributed by atoms with E-state index in [1.54, 1.807) is 6.20 Å². The van der Waals surface area contributed by atoms with Crippen LogP contribution in [0.1, 0.15) is 5.56 Å². The molecule has 2 aromatic rings.